The Hall–Kier alpha value is -2.82. The summed E-state index contributed by atoms with van der Waals surface area (Å²) < 4.78 is 0. The molecule has 3 amide bonds. The number of rotatable bonds is 3. The number of anilines is 3. The summed E-state index contributed by atoms with van der Waals surface area (Å²) in [6, 6.07) is 13.4. The van der Waals surface area contributed by atoms with Gasteiger partial charge in [0.1, 0.15) is 0 Å². The second kappa shape index (κ2) is 8.27. The first-order valence-electron chi connectivity index (χ1n) is 10.3. The van der Waals surface area contributed by atoms with E-state index in [4.69, 9.17) is 0 Å². The molecule has 1 aliphatic rings. The number of amides is 3. The van der Waals surface area contributed by atoms with E-state index in [2.05, 4.69) is 31.4 Å². The first-order chi connectivity index (χ1) is 13.6. The second-order valence-corrected chi connectivity index (χ2v) is 9.00. The number of hydrogen-bond acceptors (Lipinski definition) is 2. The molecule has 2 N–H and O–H groups in total. The van der Waals surface area contributed by atoms with Crippen LogP contribution in [0.2, 0.25) is 0 Å². The maximum Gasteiger partial charge on any atom is 0.323 e. The third-order valence-corrected chi connectivity index (χ3v) is 5.23. The van der Waals surface area contributed by atoms with Crippen molar-refractivity contribution in [3.8, 4) is 0 Å². The Balaban J connectivity index is 1.71. The van der Waals surface area contributed by atoms with E-state index in [1.807, 2.05) is 61.2 Å². The van der Waals surface area contributed by atoms with E-state index in [1.165, 1.54) is 5.56 Å². The van der Waals surface area contributed by atoms with Gasteiger partial charge in [0, 0.05) is 29.5 Å². The zero-order chi connectivity index (χ0) is 21.2. The molecule has 2 aromatic rings. The van der Waals surface area contributed by atoms with Crippen molar-refractivity contribution in [1.82, 2.24) is 0 Å². The highest BCUT2D eigenvalue weighted by atomic mass is 16.2. The van der Waals surface area contributed by atoms with Crippen molar-refractivity contribution >= 4 is 29.0 Å². The molecule has 0 atom stereocenters. The number of urea groups is 1. The maximum atomic E-state index is 12.6. The van der Waals surface area contributed by atoms with Crippen LogP contribution in [0, 0.1) is 5.92 Å². The fourth-order valence-electron chi connectivity index (χ4n) is 3.54. The van der Waals surface area contributed by atoms with Crippen LogP contribution in [0.3, 0.4) is 0 Å². The minimum Gasteiger partial charge on any atom is -0.312 e. The number of nitrogens with zero attached hydrogens (tertiary/aromatic N) is 1. The zero-order valence-corrected chi connectivity index (χ0v) is 18.0. The van der Waals surface area contributed by atoms with Crippen molar-refractivity contribution in [3.63, 3.8) is 0 Å². The Morgan fingerprint density at radius 1 is 0.966 bits per heavy atom. The summed E-state index contributed by atoms with van der Waals surface area (Å²) in [5.41, 5.74) is 4.76. The van der Waals surface area contributed by atoms with Gasteiger partial charge < -0.3 is 15.5 Å². The largest absolute Gasteiger partial charge is 0.323 e. The predicted molar refractivity (Wildman–Crippen MR) is 120 cm³/mol. The minimum atomic E-state index is -0.300. The van der Waals surface area contributed by atoms with Crippen molar-refractivity contribution in [2.45, 2.75) is 52.9 Å². The topological polar surface area (TPSA) is 61.4 Å². The molecule has 5 heteroatoms. The van der Waals surface area contributed by atoms with Gasteiger partial charge in [-0.2, -0.15) is 0 Å². The first-order valence-corrected chi connectivity index (χ1v) is 10.3. The second-order valence-electron chi connectivity index (χ2n) is 9.00. The van der Waals surface area contributed by atoms with E-state index in [9.17, 15) is 9.59 Å². The van der Waals surface area contributed by atoms with Gasteiger partial charge in [-0.1, -0.05) is 52.8 Å². The van der Waals surface area contributed by atoms with Crippen LogP contribution in [0.5, 0.6) is 0 Å². The average Bonchev–Trinajstić information content (AvgIpc) is 2.66. The lowest BCUT2D eigenvalue weighted by Gasteiger charge is -2.31. The van der Waals surface area contributed by atoms with Gasteiger partial charge >= 0.3 is 6.03 Å². The van der Waals surface area contributed by atoms with Gasteiger partial charge in [-0.25, -0.2) is 4.79 Å². The third kappa shape index (κ3) is 4.97. The molecule has 0 aromatic heterocycles. The third-order valence-electron chi connectivity index (χ3n) is 5.23. The van der Waals surface area contributed by atoms with E-state index in [0.29, 0.717) is 5.69 Å². The van der Waals surface area contributed by atoms with Gasteiger partial charge in [0.05, 0.1) is 0 Å². The summed E-state index contributed by atoms with van der Waals surface area (Å²) in [4.78, 5) is 26.9. The van der Waals surface area contributed by atoms with Crippen LogP contribution < -0.4 is 15.5 Å². The Bertz CT molecular complexity index is 895. The molecule has 154 valence electrons. The van der Waals surface area contributed by atoms with E-state index in [-0.39, 0.29) is 23.3 Å². The minimum absolute atomic E-state index is 0.0584. The molecule has 0 spiro atoms. The molecule has 0 saturated carbocycles. The van der Waals surface area contributed by atoms with Crippen molar-refractivity contribution < 1.29 is 9.59 Å². The fraction of sp³-hybridized carbons (Fsp3) is 0.417. The van der Waals surface area contributed by atoms with Crippen LogP contribution in [0.15, 0.2) is 42.5 Å². The molecule has 2 aromatic carbocycles. The fourth-order valence-corrected chi connectivity index (χ4v) is 3.54. The summed E-state index contributed by atoms with van der Waals surface area (Å²) >= 11 is 0. The maximum absolute atomic E-state index is 12.6. The first kappa shape index (κ1) is 20.9. The summed E-state index contributed by atoms with van der Waals surface area (Å²) in [6.45, 7) is 11.0. The SMILES string of the molecule is CC(C)C(=O)N1CCCc2ccc(NC(=O)Nc3ccc(C(C)(C)C)cc3)cc21. The highest BCUT2D eigenvalue weighted by Gasteiger charge is 2.24. The van der Waals surface area contributed by atoms with Gasteiger partial charge in [0.15, 0.2) is 0 Å². The number of carbonyl (C=O) groups is 2. The molecule has 1 heterocycles. The highest BCUT2D eigenvalue weighted by Crippen LogP contribution is 2.31. The van der Waals surface area contributed by atoms with E-state index >= 15 is 0 Å². The van der Waals surface area contributed by atoms with Crippen LogP contribution in [0.1, 0.15) is 52.2 Å². The highest BCUT2D eigenvalue weighted by molar-refractivity contribution is 6.01. The Kier molecular flexibility index (Phi) is 5.96. The molecule has 0 fully saturated rings. The van der Waals surface area contributed by atoms with Crippen LogP contribution in [0.25, 0.3) is 0 Å². The molecule has 0 saturated heterocycles. The number of benzene rings is 2. The average molecular weight is 394 g/mol. The summed E-state index contributed by atoms with van der Waals surface area (Å²) in [6.07, 6.45) is 1.91. The number of aryl methyl sites for hydroxylation is 1. The zero-order valence-electron chi connectivity index (χ0n) is 18.0. The number of fused-ring (bicyclic) bond motifs is 1. The van der Waals surface area contributed by atoms with Gasteiger partial charge in [-0.15, -0.1) is 0 Å². The molecule has 0 radical (unpaired) electrons. The molecule has 5 nitrogen and oxygen atoms in total. The van der Waals surface area contributed by atoms with Gasteiger partial charge in [0.2, 0.25) is 5.91 Å². The Labute approximate surface area is 173 Å². The van der Waals surface area contributed by atoms with Crippen LogP contribution in [-0.4, -0.2) is 18.5 Å². The van der Waals surface area contributed by atoms with Crippen molar-refractivity contribution in [3.05, 3.63) is 53.6 Å². The van der Waals surface area contributed by atoms with Crippen LogP contribution in [-0.2, 0) is 16.6 Å². The monoisotopic (exact) mass is 393 g/mol. The van der Waals surface area contributed by atoms with E-state index in [1.54, 1.807) is 0 Å². The molecule has 1 aliphatic heterocycles. The number of hydrogen-bond donors (Lipinski definition) is 2. The van der Waals surface area contributed by atoms with E-state index < -0.39 is 0 Å². The normalized spacial score (nSPS) is 13.8. The quantitative estimate of drug-likeness (QED) is 0.717. The smallest absolute Gasteiger partial charge is 0.312 e. The van der Waals surface area contributed by atoms with Gasteiger partial charge in [-0.05, 0) is 53.6 Å². The lowest BCUT2D eigenvalue weighted by atomic mass is 9.87. The van der Waals surface area contributed by atoms with Crippen LogP contribution in [0.4, 0.5) is 21.9 Å². The molecule has 0 bridgehead atoms. The lowest BCUT2D eigenvalue weighted by Crippen LogP contribution is -2.38. The standard InChI is InChI=1S/C24H31N3O2/c1-16(2)22(28)27-14-6-7-17-8-11-20(15-21(17)27)26-23(29)25-19-12-9-18(10-13-19)24(3,4)5/h8-13,15-16H,6-7,14H2,1-5H3,(H2,25,26,29). The van der Waals surface area contributed by atoms with Gasteiger partial charge in [-0.3, -0.25) is 4.79 Å². The number of carbonyl (C=O) groups excluding carboxylic acids is 2. The molecule has 3 rings (SSSR count). The molecule has 0 aliphatic carbocycles. The van der Waals surface area contributed by atoms with Gasteiger partial charge in [0.25, 0.3) is 0 Å². The number of nitrogens with one attached hydrogen (secondary N) is 2. The molecular formula is C24H31N3O2. The van der Waals surface area contributed by atoms with Crippen molar-refractivity contribution in [1.29, 1.82) is 0 Å². The Morgan fingerprint density at radius 3 is 2.21 bits per heavy atom. The van der Waals surface area contributed by atoms with Crippen molar-refractivity contribution in [2.75, 3.05) is 22.1 Å². The van der Waals surface area contributed by atoms with Crippen LogP contribution >= 0.6 is 0 Å². The molecular weight excluding hydrogens is 362 g/mol. The van der Waals surface area contributed by atoms with E-state index in [0.717, 1.165) is 36.3 Å². The Morgan fingerprint density at radius 2 is 1.59 bits per heavy atom. The summed E-state index contributed by atoms with van der Waals surface area (Å²) in [5.74, 6) is 0.0587. The predicted octanol–water partition coefficient (Wildman–Crippen LogP) is 5.56. The van der Waals surface area contributed by atoms with Crippen molar-refractivity contribution in [2.24, 2.45) is 5.92 Å². The lowest BCUT2D eigenvalue weighted by molar-refractivity contribution is -0.121. The summed E-state index contributed by atoms with van der Waals surface area (Å²) in [7, 11) is 0. The molecule has 29 heavy (non-hydrogen) atoms. The summed E-state index contributed by atoms with van der Waals surface area (Å²) in [5, 5.41) is 5.76. The molecule has 0 unspecified atom stereocenters.